The minimum Gasteiger partial charge on any atom is -0.490 e. The Bertz CT molecular complexity index is 378. The Morgan fingerprint density at radius 1 is 1.21 bits per heavy atom. The van der Waals surface area contributed by atoms with Gasteiger partial charge in [-0.25, -0.2) is 0 Å². The van der Waals surface area contributed by atoms with Crippen LogP contribution in [0.2, 0.25) is 0 Å². The second-order valence-electron chi connectivity index (χ2n) is 6.07. The fourth-order valence-corrected chi connectivity index (χ4v) is 3.22. The summed E-state index contributed by atoms with van der Waals surface area (Å²) in [6.07, 6.45) is 12.1. The summed E-state index contributed by atoms with van der Waals surface area (Å²) >= 11 is 0. The van der Waals surface area contributed by atoms with Crippen LogP contribution in [0.25, 0.3) is 0 Å². The van der Waals surface area contributed by atoms with E-state index in [0.29, 0.717) is 5.92 Å². The van der Waals surface area contributed by atoms with E-state index in [4.69, 9.17) is 4.74 Å². The summed E-state index contributed by atoms with van der Waals surface area (Å²) in [5, 5.41) is 7.80. The maximum Gasteiger partial charge on any atom is 0.157 e. The largest absolute Gasteiger partial charge is 0.490 e. The molecule has 106 valence electrons. The molecule has 1 saturated carbocycles. The number of hydrogen-bond acceptors (Lipinski definition) is 3. The average molecular weight is 263 g/mol. The van der Waals surface area contributed by atoms with Crippen molar-refractivity contribution >= 4 is 0 Å². The molecule has 0 amide bonds. The number of aromatic nitrogens is 2. The van der Waals surface area contributed by atoms with E-state index in [2.05, 4.69) is 21.3 Å². The van der Waals surface area contributed by atoms with Gasteiger partial charge in [-0.3, -0.25) is 4.68 Å². The lowest BCUT2D eigenvalue weighted by Gasteiger charge is -2.21. The zero-order chi connectivity index (χ0) is 12.9. The van der Waals surface area contributed by atoms with E-state index in [-0.39, 0.29) is 0 Å². The van der Waals surface area contributed by atoms with Crippen LogP contribution in [0.15, 0.2) is 12.4 Å². The summed E-state index contributed by atoms with van der Waals surface area (Å²) in [6, 6.07) is 0. The Balaban J connectivity index is 1.45. The van der Waals surface area contributed by atoms with Crippen molar-refractivity contribution in [3.63, 3.8) is 0 Å². The zero-order valence-electron chi connectivity index (χ0n) is 11.7. The lowest BCUT2D eigenvalue weighted by atomic mass is 9.89. The molecule has 1 aromatic rings. The van der Waals surface area contributed by atoms with Crippen LogP contribution in [0.5, 0.6) is 5.75 Å². The Kier molecular flexibility index (Phi) is 4.38. The number of ether oxygens (including phenoxy) is 1. The van der Waals surface area contributed by atoms with Crippen LogP contribution in [0.4, 0.5) is 0 Å². The lowest BCUT2D eigenvalue weighted by Crippen LogP contribution is -2.15. The van der Waals surface area contributed by atoms with E-state index in [0.717, 1.165) is 37.9 Å². The fraction of sp³-hybridized carbons (Fsp3) is 0.800. The predicted octanol–water partition coefficient (Wildman–Crippen LogP) is 2.45. The standard InChI is InChI=1S/C15H25N3O/c1-2-4-13(5-3-1)10-18-11-15(9-17-18)19-12-14-6-7-16-8-14/h9,11,13-14,16H,1-8,10,12H2. The molecule has 2 fully saturated rings. The van der Waals surface area contributed by atoms with Gasteiger partial charge in [-0.1, -0.05) is 19.3 Å². The second-order valence-corrected chi connectivity index (χ2v) is 6.07. The van der Waals surface area contributed by atoms with Crippen molar-refractivity contribution in [2.45, 2.75) is 45.1 Å². The smallest absolute Gasteiger partial charge is 0.157 e. The highest BCUT2D eigenvalue weighted by Crippen LogP contribution is 2.25. The molecule has 1 atom stereocenters. The van der Waals surface area contributed by atoms with Crippen molar-refractivity contribution in [2.75, 3.05) is 19.7 Å². The molecule has 4 nitrogen and oxygen atoms in total. The van der Waals surface area contributed by atoms with Crippen LogP contribution in [0.3, 0.4) is 0 Å². The molecule has 0 aromatic carbocycles. The van der Waals surface area contributed by atoms with Crippen molar-refractivity contribution in [1.82, 2.24) is 15.1 Å². The Morgan fingerprint density at radius 3 is 2.89 bits per heavy atom. The summed E-state index contributed by atoms with van der Waals surface area (Å²) < 4.78 is 7.90. The second kappa shape index (κ2) is 6.42. The first-order valence-corrected chi connectivity index (χ1v) is 7.76. The van der Waals surface area contributed by atoms with Crippen molar-refractivity contribution in [1.29, 1.82) is 0 Å². The Hall–Kier alpha value is -1.03. The number of hydrogen-bond donors (Lipinski definition) is 1. The molecule has 2 aliphatic rings. The quantitative estimate of drug-likeness (QED) is 0.887. The van der Waals surface area contributed by atoms with Gasteiger partial charge in [-0.05, 0) is 31.7 Å². The molecule has 1 aromatic heterocycles. The molecule has 3 rings (SSSR count). The van der Waals surface area contributed by atoms with Crippen LogP contribution in [0.1, 0.15) is 38.5 Å². The van der Waals surface area contributed by atoms with Gasteiger partial charge in [0.15, 0.2) is 5.75 Å². The number of nitrogens with one attached hydrogen (secondary N) is 1. The van der Waals surface area contributed by atoms with E-state index in [1.165, 1.54) is 38.5 Å². The van der Waals surface area contributed by atoms with Gasteiger partial charge < -0.3 is 10.1 Å². The molecule has 0 bridgehead atoms. The van der Waals surface area contributed by atoms with Crippen molar-refractivity contribution < 1.29 is 4.74 Å². The van der Waals surface area contributed by atoms with Crippen molar-refractivity contribution in [3.8, 4) is 5.75 Å². The minimum atomic E-state index is 0.668. The van der Waals surface area contributed by atoms with E-state index < -0.39 is 0 Å². The highest BCUT2D eigenvalue weighted by Gasteiger charge is 2.16. The molecule has 1 saturated heterocycles. The SMILES string of the molecule is c1nn(CC2CCCCC2)cc1OCC1CCNC1. The maximum atomic E-state index is 5.84. The molecule has 1 aliphatic heterocycles. The number of nitrogens with zero attached hydrogens (tertiary/aromatic N) is 2. The highest BCUT2D eigenvalue weighted by atomic mass is 16.5. The van der Waals surface area contributed by atoms with Gasteiger partial charge in [0.25, 0.3) is 0 Å². The third-order valence-electron chi connectivity index (χ3n) is 4.43. The maximum absolute atomic E-state index is 5.84. The summed E-state index contributed by atoms with van der Waals surface area (Å²) in [4.78, 5) is 0. The van der Waals surface area contributed by atoms with E-state index in [9.17, 15) is 0 Å². The first-order chi connectivity index (χ1) is 9.40. The van der Waals surface area contributed by atoms with Gasteiger partial charge in [0.1, 0.15) is 0 Å². The van der Waals surface area contributed by atoms with Crippen LogP contribution < -0.4 is 10.1 Å². The summed E-state index contributed by atoms with van der Waals surface area (Å²) in [7, 11) is 0. The zero-order valence-corrected chi connectivity index (χ0v) is 11.7. The molecule has 0 radical (unpaired) electrons. The van der Waals surface area contributed by atoms with Crippen molar-refractivity contribution in [3.05, 3.63) is 12.4 Å². The minimum absolute atomic E-state index is 0.668. The first-order valence-electron chi connectivity index (χ1n) is 7.76. The van der Waals surface area contributed by atoms with Crippen LogP contribution >= 0.6 is 0 Å². The van der Waals surface area contributed by atoms with Crippen LogP contribution in [-0.4, -0.2) is 29.5 Å². The summed E-state index contributed by atoms with van der Waals surface area (Å²) in [5.41, 5.74) is 0. The van der Waals surface area contributed by atoms with Gasteiger partial charge >= 0.3 is 0 Å². The van der Waals surface area contributed by atoms with E-state index in [1.807, 2.05) is 6.20 Å². The topological polar surface area (TPSA) is 39.1 Å². The van der Waals surface area contributed by atoms with Gasteiger partial charge in [-0.15, -0.1) is 0 Å². The molecule has 0 spiro atoms. The molecular weight excluding hydrogens is 238 g/mol. The van der Waals surface area contributed by atoms with Gasteiger partial charge in [0.05, 0.1) is 19.0 Å². The Morgan fingerprint density at radius 2 is 2.11 bits per heavy atom. The lowest BCUT2D eigenvalue weighted by molar-refractivity contribution is 0.259. The molecule has 19 heavy (non-hydrogen) atoms. The molecule has 4 heteroatoms. The third kappa shape index (κ3) is 3.72. The van der Waals surface area contributed by atoms with Crippen LogP contribution in [0, 0.1) is 11.8 Å². The number of rotatable bonds is 5. The fourth-order valence-electron chi connectivity index (χ4n) is 3.22. The molecule has 1 aliphatic carbocycles. The van der Waals surface area contributed by atoms with E-state index in [1.54, 1.807) is 0 Å². The van der Waals surface area contributed by atoms with E-state index >= 15 is 0 Å². The molecule has 1 N–H and O–H groups in total. The molecular formula is C15H25N3O. The highest BCUT2D eigenvalue weighted by molar-refractivity contribution is 5.11. The summed E-state index contributed by atoms with van der Waals surface area (Å²) in [5.74, 6) is 2.42. The van der Waals surface area contributed by atoms with Gasteiger partial charge in [0, 0.05) is 19.0 Å². The normalized spacial score (nSPS) is 24.7. The average Bonchev–Trinajstić information content (AvgIpc) is 3.09. The van der Waals surface area contributed by atoms with Gasteiger partial charge in [-0.2, -0.15) is 5.10 Å². The third-order valence-corrected chi connectivity index (χ3v) is 4.43. The summed E-state index contributed by atoms with van der Waals surface area (Å²) in [6.45, 7) is 4.11. The molecule has 1 unspecified atom stereocenters. The predicted molar refractivity (Wildman–Crippen MR) is 75.3 cm³/mol. The van der Waals surface area contributed by atoms with Crippen LogP contribution in [-0.2, 0) is 6.54 Å². The first kappa shape index (κ1) is 13.0. The molecule has 2 heterocycles. The monoisotopic (exact) mass is 263 g/mol. The Labute approximate surface area is 115 Å². The van der Waals surface area contributed by atoms with Gasteiger partial charge in [0.2, 0.25) is 0 Å². The van der Waals surface area contributed by atoms with Crippen molar-refractivity contribution in [2.24, 2.45) is 11.8 Å².